The van der Waals surface area contributed by atoms with E-state index in [0.29, 0.717) is 19.3 Å². The first-order chi connectivity index (χ1) is 16.7. The number of nitrogens with one attached hydrogen (secondary N) is 1. The van der Waals surface area contributed by atoms with E-state index in [2.05, 4.69) is 5.32 Å². The number of carbonyl (C=O) groups excluding carboxylic acids is 3. The van der Waals surface area contributed by atoms with Crippen molar-refractivity contribution in [2.75, 3.05) is 6.61 Å². The summed E-state index contributed by atoms with van der Waals surface area (Å²) in [6, 6.07) is 18.9. The molecule has 0 saturated heterocycles. The fraction of sp³-hybridized carbons (Fsp3) is 0.414. The largest absolute Gasteiger partial charge is 0.463 e. The lowest BCUT2D eigenvalue weighted by atomic mass is 9.93. The number of carbonyl (C=O) groups is 3. The second kappa shape index (κ2) is 12.3. The summed E-state index contributed by atoms with van der Waals surface area (Å²) in [4.78, 5) is 38.6. The van der Waals surface area contributed by atoms with Crippen LogP contribution in [-0.4, -0.2) is 30.1 Å². The number of rotatable bonds is 5. The molecule has 1 aliphatic rings. The minimum absolute atomic E-state index is 0.0127. The maximum absolute atomic E-state index is 13.3. The average Bonchev–Trinajstić information content (AvgIpc) is 2.81. The topological polar surface area (TPSA) is 81.7 Å². The fourth-order valence-corrected chi connectivity index (χ4v) is 4.03. The van der Waals surface area contributed by atoms with Crippen LogP contribution in [0, 0.1) is 11.8 Å². The summed E-state index contributed by atoms with van der Waals surface area (Å²) in [5.41, 5.74) is 1.30. The molecule has 6 nitrogen and oxygen atoms in total. The Labute approximate surface area is 207 Å². The monoisotopic (exact) mass is 477 g/mol. The van der Waals surface area contributed by atoms with Gasteiger partial charge in [0.25, 0.3) is 0 Å². The van der Waals surface area contributed by atoms with Crippen LogP contribution in [0.15, 0.2) is 72.8 Å². The molecule has 3 rings (SSSR count). The van der Waals surface area contributed by atoms with Crippen LogP contribution >= 0.6 is 0 Å². The minimum Gasteiger partial charge on any atom is -0.463 e. The summed E-state index contributed by atoms with van der Waals surface area (Å²) in [6.45, 7) is 5.37. The van der Waals surface area contributed by atoms with Gasteiger partial charge < -0.3 is 14.8 Å². The Morgan fingerprint density at radius 2 is 1.54 bits per heavy atom. The van der Waals surface area contributed by atoms with E-state index in [1.165, 1.54) is 0 Å². The molecule has 35 heavy (non-hydrogen) atoms. The lowest BCUT2D eigenvalue weighted by Gasteiger charge is -2.25. The summed E-state index contributed by atoms with van der Waals surface area (Å²) in [5, 5.41) is 3.09. The van der Waals surface area contributed by atoms with Crippen molar-refractivity contribution >= 4 is 17.8 Å². The zero-order valence-electron chi connectivity index (χ0n) is 20.7. The van der Waals surface area contributed by atoms with Crippen molar-refractivity contribution in [3.05, 3.63) is 83.9 Å². The molecule has 0 radical (unpaired) electrons. The SMILES string of the molecule is CC(C)(C)OC(=O)C[C@@H]1C/C=C/C[C@H](Cc2ccccc2)C(=O)N[C@H](c2ccccc2)COC1=O. The average molecular weight is 478 g/mol. The summed E-state index contributed by atoms with van der Waals surface area (Å²) >= 11 is 0. The van der Waals surface area contributed by atoms with Gasteiger partial charge in [-0.25, -0.2) is 0 Å². The third-order valence-corrected chi connectivity index (χ3v) is 5.78. The van der Waals surface area contributed by atoms with Crippen LogP contribution < -0.4 is 5.32 Å². The molecule has 2 aromatic carbocycles. The maximum Gasteiger partial charge on any atom is 0.309 e. The van der Waals surface area contributed by atoms with Gasteiger partial charge in [-0.3, -0.25) is 14.4 Å². The molecule has 3 atom stereocenters. The number of hydrogen-bond acceptors (Lipinski definition) is 5. The van der Waals surface area contributed by atoms with Gasteiger partial charge in [0, 0.05) is 5.92 Å². The Balaban J connectivity index is 1.83. The molecular weight excluding hydrogens is 442 g/mol. The molecule has 0 bridgehead atoms. The van der Waals surface area contributed by atoms with E-state index in [9.17, 15) is 14.4 Å². The Bertz CT molecular complexity index is 1010. The smallest absolute Gasteiger partial charge is 0.309 e. The van der Waals surface area contributed by atoms with Gasteiger partial charge in [0.15, 0.2) is 0 Å². The maximum atomic E-state index is 13.3. The molecule has 1 aliphatic heterocycles. The first-order valence-electron chi connectivity index (χ1n) is 12.1. The molecule has 6 heteroatoms. The van der Waals surface area contributed by atoms with Crippen molar-refractivity contribution in [3.8, 4) is 0 Å². The lowest BCUT2D eigenvalue weighted by molar-refractivity contribution is -0.161. The van der Waals surface area contributed by atoms with E-state index in [1.807, 2.05) is 72.8 Å². The summed E-state index contributed by atoms with van der Waals surface area (Å²) in [5.74, 6) is -1.93. The quantitative estimate of drug-likeness (QED) is 0.487. The molecule has 0 spiro atoms. The van der Waals surface area contributed by atoms with Gasteiger partial charge in [0.05, 0.1) is 18.4 Å². The summed E-state index contributed by atoms with van der Waals surface area (Å²) in [6.07, 6.45) is 5.18. The Morgan fingerprint density at radius 1 is 0.943 bits per heavy atom. The second-order valence-corrected chi connectivity index (χ2v) is 9.92. The first-order valence-corrected chi connectivity index (χ1v) is 12.1. The van der Waals surface area contributed by atoms with E-state index < -0.39 is 29.5 Å². The van der Waals surface area contributed by atoms with Gasteiger partial charge in [0.1, 0.15) is 12.2 Å². The number of benzene rings is 2. The minimum atomic E-state index is -0.653. The third-order valence-electron chi connectivity index (χ3n) is 5.78. The third kappa shape index (κ3) is 8.71. The van der Waals surface area contributed by atoms with Gasteiger partial charge in [-0.15, -0.1) is 0 Å². The molecule has 1 heterocycles. The standard InChI is InChI=1S/C29H35NO5/c1-29(2,3)35-26(31)19-24-17-11-10-16-23(18-21-12-6-4-7-13-21)27(32)30-25(20-34-28(24)33)22-14-8-5-9-15-22/h4-15,23-25H,16-20H2,1-3H3,(H,30,32)/b11-10+/t23-,24+,25+/m1/s1. The van der Waals surface area contributed by atoms with Crippen molar-refractivity contribution in [1.29, 1.82) is 0 Å². The van der Waals surface area contributed by atoms with Crippen molar-refractivity contribution in [2.24, 2.45) is 11.8 Å². The predicted octanol–water partition coefficient (Wildman–Crippen LogP) is 4.94. The Kier molecular flexibility index (Phi) is 9.24. The van der Waals surface area contributed by atoms with Gasteiger partial charge in [-0.05, 0) is 51.2 Å². The summed E-state index contributed by atoms with van der Waals surface area (Å²) < 4.78 is 11.1. The highest BCUT2D eigenvalue weighted by Gasteiger charge is 2.29. The van der Waals surface area contributed by atoms with Crippen LogP contribution in [0.2, 0.25) is 0 Å². The van der Waals surface area contributed by atoms with E-state index in [4.69, 9.17) is 9.47 Å². The van der Waals surface area contributed by atoms with Crippen LogP contribution in [0.1, 0.15) is 57.2 Å². The van der Waals surface area contributed by atoms with Crippen LogP contribution in [-0.2, 0) is 30.3 Å². The lowest BCUT2D eigenvalue weighted by Crippen LogP contribution is -2.38. The molecular formula is C29H35NO5. The first kappa shape index (κ1) is 26.2. The van der Waals surface area contributed by atoms with Gasteiger partial charge in [0.2, 0.25) is 5.91 Å². The van der Waals surface area contributed by atoms with Crippen molar-refractivity contribution in [3.63, 3.8) is 0 Å². The van der Waals surface area contributed by atoms with Crippen molar-refractivity contribution in [1.82, 2.24) is 5.32 Å². The van der Waals surface area contributed by atoms with Crippen molar-refractivity contribution < 1.29 is 23.9 Å². The second-order valence-electron chi connectivity index (χ2n) is 9.92. The molecule has 0 aromatic heterocycles. The molecule has 1 N–H and O–H groups in total. The molecule has 1 amide bonds. The fourth-order valence-electron chi connectivity index (χ4n) is 4.03. The highest BCUT2D eigenvalue weighted by atomic mass is 16.6. The molecule has 0 saturated carbocycles. The zero-order valence-corrected chi connectivity index (χ0v) is 20.7. The number of cyclic esters (lactones) is 1. The number of esters is 2. The van der Waals surface area contributed by atoms with E-state index in [0.717, 1.165) is 11.1 Å². The van der Waals surface area contributed by atoms with E-state index in [-0.39, 0.29) is 24.9 Å². The highest BCUT2D eigenvalue weighted by Crippen LogP contribution is 2.22. The van der Waals surface area contributed by atoms with E-state index in [1.54, 1.807) is 20.8 Å². The molecule has 2 aromatic rings. The number of ether oxygens (including phenoxy) is 2. The molecule has 186 valence electrons. The number of allylic oxidation sites excluding steroid dienone is 2. The Hall–Kier alpha value is -3.41. The Morgan fingerprint density at radius 3 is 2.17 bits per heavy atom. The van der Waals surface area contributed by atoms with Crippen LogP contribution in [0.25, 0.3) is 0 Å². The van der Waals surface area contributed by atoms with Crippen LogP contribution in [0.4, 0.5) is 0 Å². The number of hydrogen-bond donors (Lipinski definition) is 1. The summed E-state index contributed by atoms with van der Waals surface area (Å²) in [7, 11) is 0. The highest BCUT2D eigenvalue weighted by molar-refractivity contribution is 5.81. The molecule has 0 fully saturated rings. The zero-order chi connectivity index (χ0) is 25.3. The number of amides is 1. The van der Waals surface area contributed by atoms with Crippen molar-refractivity contribution in [2.45, 2.75) is 58.1 Å². The van der Waals surface area contributed by atoms with Gasteiger partial charge in [-0.2, -0.15) is 0 Å². The van der Waals surface area contributed by atoms with Gasteiger partial charge in [-0.1, -0.05) is 72.8 Å². The van der Waals surface area contributed by atoms with Crippen LogP contribution in [0.3, 0.4) is 0 Å². The normalized spacial score (nSPS) is 22.7. The van der Waals surface area contributed by atoms with E-state index >= 15 is 0 Å². The predicted molar refractivity (Wildman–Crippen MR) is 134 cm³/mol. The molecule has 0 aliphatic carbocycles. The van der Waals surface area contributed by atoms with Crippen LogP contribution in [0.5, 0.6) is 0 Å². The van der Waals surface area contributed by atoms with Gasteiger partial charge >= 0.3 is 11.9 Å². The molecule has 0 unspecified atom stereocenters.